The van der Waals surface area contributed by atoms with Crippen LogP contribution in [0.1, 0.15) is 35.4 Å². The van der Waals surface area contributed by atoms with Crippen molar-refractivity contribution in [3.8, 4) is 11.1 Å². The summed E-state index contributed by atoms with van der Waals surface area (Å²) in [6.07, 6.45) is 1.93. The number of hydrogen-bond acceptors (Lipinski definition) is 4. The number of benzene rings is 2. The lowest BCUT2D eigenvalue weighted by molar-refractivity contribution is -0.119. The number of carbonyl (C=O) groups is 1. The zero-order valence-corrected chi connectivity index (χ0v) is 20.0. The number of aryl methyl sites for hydroxylation is 3. The molecule has 2 aromatic carbocycles. The van der Waals surface area contributed by atoms with Crippen LogP contribution in [0.15, 0.2) is 53.6 Å². The monoisotopic (exact) mass is 465 g/mol. The fourth-order valence-electron chi connectivity index (χ4n) is 3.86. The van der Waals surface area contributed by atoms with Gasteiger partial charge in [-0.1, -0.05) is 54.4 Å². The number of anilines is 1. The van der Waals surface area contributed by atoms with E-state index in [-0.39, 0.29) is 11.5 Å². The Morgan fingerprint density at radius 3 is 2.56 bits per heavy atom. The third kappa shape index (κ3) is 4.08. The van der Waals surface area contributed by atoms with Gasteiger partial charge in [-0.2, -0.15) is 0 Å². The van der Waals surface area contributed by atoms with Crippen molar-refractivity contribution in [2.75, 3.05) is 5.32 Å². The van der Waals surface area contributed by atoms with Gasteiger partial charge in [0.05, 0.1) is 11.7 Å². The molecule has 0 spiro atoms. The Morgan fingerprint density at radius 1 is 1.16 bits per heavy atom. The first-order chi connectivity index (χ1) is 15.3. The van der Waals surface area contributed by atoms with Crippen molar-refractivity contribution in [1.29, 1.82) is 0 Å². The predicted molar refractivity (Wildman–Crippen MR) is 133 cm³/mol. The average molecular weight is 466 g/mol. The lowest BCUT2D eigenvalue weighted by Gasteiger charge is -2.18. The number of rotatable bonds is 5. The normalized spacial score (nSPS) is 12.2. The van der Waals surface area contributed by atoms with Gasteiger partial charge < -0.3 is 5.32 Å². The minimum atomic E-state index is -0.691. The Kier molecular flexibility index (Phi) is 6.17. The van der Waals surface area contributed by atoms with Gasteiger partial charge >= 0.3 is 0 Å². The number of nitrogens with zero attached hydrogens (tertiary/aromatic N) is 2. The average Bonchev–Trinajstić information content (AvgIpc) is 3.10. The predicted octanol–water partition coefficient (Wildman–Crippen LogP) is 6.29. The topological polar surface area (TPSA) is 64.0 Å². The number of carbonyl (C=O) groups excluding carboxylic acids is 1. The van der Waals surface area contributed by atoms with E-state index in [1.54, 1.807) is 12.1 Å². The molecule has 1 unspecified atom stereocenters. The molecule has 4 rings (SSSR count). The Bertz CT molecular complexity index is 1370. The van der Waals surface area contributed by atoms with Crippen LogP contribution in [0.5, 0.6) is 0 Å². The molecule has 1 N–H and O–H groups in total. The maximum absolute atomic E-state index is 13.6. The van der Waals surface area contributed by atoms with Crippen LogP contribution in [-0.4, -0.2) is 15.5 Å². The maximum atomic E-state index is 13.6. The van der Waals surface area contributed by atoms with E-state index in [4.69, 9.17) is 11.6 Å². The Hall–Kier alpha value is -2.96. The second-order valence-electron chi connectivity index (χ2n) is 7.91. The molecule has 0 saturated heterocycles. The summed E-state index contributed by atoms with van der Waals surface area (Å²) in [6.45, 7) is 7.81. The second-order valence-corrected chi connectivity index (χ2v) is 9.55. The fraction of sp³-hybridized carbons (Fsp3) is 0.240. The van der Waals surface area contributed by atoms with Crippen molar-refractivity contribution in [2.24, 2.45) is 0 Å². The van der Waals surface area contributed by atoms with E-state index < -0.39 is 6.04 Å². The highest BCUT2D eigenvalue weighted by molar-refractivity contribution is 7.19. The lowest BCUT2D eigenvalue weighted by atomic mass is 10.0. The van der Waals surface area contributed by atoms with Crippen LogP contribution in [0.4, 0.5) is 5.69 Å². The van der Waals surface area contributed by atoms with Crippen LogP contribution in [0.2, 0.25) is 5.02 Å². The zero-order valence-electron chi connectivity index (χ0n) is 18.4. The van der Waals surface area contributed by atoms with Crippen molar-refractivity contribution in [3.05, 3.63) is 80.2 Å². The van der Waals surface area contributed by atoms with Crippen LogP contribution in [0, 0.1) is 20.8 Å². The van der Waals surface area contributed by atoms with E-state index in [2.05, 4.69) is 10.3 Å². The molecule has 0 fully saturated rings. The highest BCUT2D eigenvalue weighted by atomic mass is 35.5. The zero-order chi connectivity index (χ0) is 23.0. The Morgan fingerprint density at radius 2 is 1.88 bits per heavy atom. The number of halogens is 1. The molecule has 0 bridgehead atoms. The van der Waals surface area contributed by atoms with Crippen molar-refractivity contribution < 1.29 is 4.79 Å². The summed E-state index contributed by atoms with van der Waals surface area (Å²) in [4.78, 5) is 33.0. The third-order valence-corrected chi connectivity index (χ3v) is 6.88. The molecule has 0 aliphatic carbocycles. The minimum absolute atomic E-state index is 0.209. The molecule has 2 heterocycles. The van der Waals surface area contributed by atoms with Crippen LogP contribution < -0.4 is 10.9 Å². The van der Waals surface area contributed by atoms with Gasteiger partial charge in [-0.05, 0) is 50.5 Å². The molecule has 2 aromatic heterocycles. The summed E-state index contributed by atoms with van der Waals surface area (Å²) in [6, 6.07) is 12.7. The SMILES string of the molecule is CCC(C(=O)Nc1cc(Cl)ccc1C)n1cnc2sc(C)c(-c3ccc(C)cc3)c2c1=O. The van der Waals surface area contributed by atoms with Gasteiger partial charge in [0.2, 0.25) is 5.91 Å². The summed E-state index contributed by atoms with van der Waals surface area (Å²) < 4.78 is 1.45. The summed E-state index contributed by atoms with van der Waals surface area (Å²) in [5, 5.41) is 4.02. The quantitative estimate of drug-likeness (QED) is 0.376. The molecular formula is C25H24ClN3O2S. The number of fused-ring (bicyclic) bond motifs is 1. The van der Waals surface area contributed by atoms with Crippen molar-refractivity contribution in [2.45, 2.75) is 40.2 Å². The highest BCUT2D eigenvalue weighted by Crippen LogP contribution is 2.35. The van der Waals surface area contributed by atoms with E-state index >= 15 is 0 Å². The standard InChI is InChI=1S/C25H24ClN3O2S/c1-5-20(23(30)28-19-12-18(26)11-8-15(19)3)29-13-27-24-22(25(29)31)21(16(4)32-24)17-9-6-14(2)7-10-17/h6-13,20H,5H2,1-4H3,(H,28,30). The number of hydrogen-bond donors (Lipinski definition) is 1. The van der Waals surface area contributed by atoms with E-state index in [0.29, 0.717) is 27.3 Å². The number of aromatic nitrogens is 2. The molecule has 32 heavy (non-hydrogen) atoms. The van der Waals surface area contributed by atoms with E-state index in [0.717, 1.165) is 27.1 Å². The Labute approximate surface area is 195 Å². The summed E-state index contributed by atoms with van der Waals surface area (Å²) in [5.41, 5.74) is 4.34. The molecule has 0 aliphatic heterocycles. The van der Waals surface area contributed by atoms with Crippen molar-refractivity contribution >= 4 is 44.7 Å². The highest BCUT2D eigenvalue weighted by Gasteiger charge is 2.24. The first-order valence-corrected chi connectivity index (χ1v) is 11.6. The smallest absolute Gasteiger partial charge is 0.263 e. The van der Waals surface area contributed by atoms with Gasteiger partial charge in [0.15, 0.2) is 0 Å². The largest absolute Gasteiger partial charge is 0.324 e. The number of nitrogens with one attached hydrogen (secondary N) is 1. The summed E-state index contributed by atoms with van der Waals surface area (Å²) in [5.74, 6) is -0.273. The number of thiophene rings is 1. The molecule has 7 heteroatoms. The molecule has 164 valence electrons. The molecule has 5 nitrogen and oxygen atoms in total. The van der Waals surface area contributed by atoms with Crippen LogP contribution in [0.3, 0.4) is 0 Å². The minimum Gasteiger partial charge on any atom is -0.324 e. The van der Waals surface area contributed by atoms with Gasteiger partial charge in [0.1, 0.15) is 10.9 Å². The van der Waals surface area contributed by atoms with E-state index in [1.165, 1.54) is 22.2 Å². The summed E-state index contributed by atoms with van der Waals surface area (Å²) in [7, 11) is 0. The van der Waals surface area contributed by atoms with Gasteiger partial charge in [-0.25, -0.2) is 4.98 Å². The van der Waals surface area contributed by atoms with Crippen molar-refractivity contribution in [3.63, 3.8) is 0 Å². The fourth-order valence-corrected chi connectivity index (χ4v) is 5.03. The van der Waals surface area contributed by atoms with Gasteiger partial charge in [0, 0.05) is 21.2 Å². The van der Waals surface area contributed by atoms with Crippen LogP contribution >= 0.6 is 22.9 Å². The van der Waals surface area contributed by atoms with Crippen molar-refractivity contribution in [1.82, 2.24) is 9.55 Å². The molecule has 0 radical (unpaired) electrons. The molecule has 1 amide bonds. The first-order valence-electron chi connectivity index (χ1n) is 10.4. The second kappa shape index (κ2) is 8.88. The van der Waals surface area contributed by atoms with Crippen LogP contribution in [0.25, 0.3) is 21.3 Å². The van der Waals surface area contributed by atoms with E-state index in [1.807, 2.05) is 58.0 Å². The van der Waals surface area contributed by atoms with E-state index in [9.17, 15) is 9.59 Å². The molecule has 4 aromatic rings. The number of amides is 1. The van der Waals surface area contributed by atoms with Gasteiger partial charge in [-0.3, -0.25) is 14.2 Å². The molecule has 1 atom stereocenters. The first kappa shape index (κ1) is 22.2. The summed E-state index contributed by atoms with van der Waals surface area (Å²) >= 11 is 7.59. The Balaban J connectivity index is 1.79. The van der Waals surface area contributed by atoms with Gasteiger partial charge in [-0.15, -0.1) is 11.3 Å². The van der Waals surface area contributed by atoms with Gasteiger partial charge in [0.25, 0.3) is 5.56 Å². The molecular weight excluding hydrogens is 442 g/mol. The van der Waals surface area contributed by atoms with Crippen LogP contribution in [-0.2, 0) is 4.79 Å². The maximum Gasteiger partial charge on any atom is 0.263 e. The lowest BCUT2D eigenvalue weighted by Crippen LogP contribution is -2.33. The third-order valence-electron chi connectivity index (χ3n) is 5.64. The molecule has 0 aliphatic rings. The molecule has 0 saturated carbocycles.